The predicted molar refractivity (Wildman–Crippen MR) is 120 cm³/mol. The number of hydrogen-bond acceptors (Lipinski definition) is 4. The molecule has 1 atom stereocenters. The zero-order valence-corrected chi connectivity index (χ0v) is 19.2. The molecule has 0 aliphatic carbocycles. The largest absolute Gasteiger partial charge is 0.489 e. The van der Waals surface area contributed by atoms with Crippen LogP contribution >= 0.6 is 24.0 Å². The van der Waals surface area contributed by atoms with Gasteiger partial charge in [-0.15, -0.1) is 24.0 Å². The van der Waals surface area contributed by atoms with Crippen LogP contribution in [0.1, 0.15) is 32.3 Å². The number of methoxy groups -OCH3 is 1. The minimum absolute atomic E-state index is 0. The van der Waals surface area contributed by atoms with Crippen LogP contribution in [0.25, 0.3) is 0 Å². The molecule has 0 radical (unpaired) electrons. The summed E-state index contributed by atoms with van der Waals surface area (Å²) in [7, 11) is 1.76. The molecule has 0 spiro atoms. The number of nitrogens with one attached hydrogen (secondary N) is 2. The Morgan fingerprint density at radius 2 is 2.04 bits per heavy atom. The van der Waals surface area contributed by atoms with E-state index in [0.29, 0.717) is 13.1 Å². The molecule has 1 fully saturated rings. The number of hydrogen-bond donors (Lipinski definition) is 2. The number of aryl methyl sites for hydroxylation is 1. The molecule has 154 valence electrons. The molecule has 1 saturated heterocycles. The summed E-state index contributed by atoms with van der Waals surface area (Å²) in [5.74, 6) is 1.68. The van der Waals surface area contributed by atoms with E-state index in [1.807, 2.05) is 25.1 Å². The maximum Gasteiger partial charge on any atom is 0.191 e. The fraction of sp³-hybridized carbons (Fsp3) is 0.650. The van der Waals surface area contributed by atoms with E-state index in [4.69, 9.17) is 19.2 Å². The Bertz CT molecular complexity index is 577. The van der Waals surface area contributed by atoms with Crippen molar-refractivity contribution in [1.29, 1.82) is 0 Å². The van der Waals surface area contributed by atoms with Crippen molar-refractivity contribution in [1.82, 2.24) is 10.6 Å². The molecule has 7 heteroatoms. The highest BCUT2D eigenvalue weighted by Crippen LogP contribution is 2.24. The van der Waals surface area contributed by atoms with Crippen LogP contribution in [0.15, 0.2) is 29.3 Å². The van der Waals surface area contributed by atoms with Crippen LogP contribution in [0.2, 0.25) is 0 Å². The van der Waals surface area contributed by atoms with Gasteiger partial charge < -0.3 is 24.8 Å². The molecule has 1 aromatic carbocycles. The Kier molecular flexibility index (Phi) is 11.0. The number of ether oxygens (including phenoxy) is 3. The Balaban J connectivity index is 0.00000364. The second kappa shape index (κ2) is 12.4. The van der Waals surface area contributed by atoms with Crippen molar-refractivity contribution in [3.8, 4) is 5.75 Å². The van der Waals surface area contributed by atoms with E-state index >= 15 is 0 Å². The van der Waals surface area contributed by atoms with Gasteiger partial charge in [0.05, 0.1) is 18.7 Å². The number of guanidine groups is 1. The van der Waals surface area contributed by atoms with E-state index in [1.54, 1.807) is 7.11 Å². The van der Waals surface area contributed by atoms with Gasteiger partial charge >= 0.3 is 0 Å². The molecule has 6 nitrogen and oxygen atoms in total. The SMILES string of the molecule is CCNC(=NCC1(OC)CCOCC1)NCC(C)Oc1cccc(C)c1.I. The molecule has 1 heterocycles. The molecule has 1 aliphatic rings. The quantitative estimate of drug-likeness (QED) is 0.333. The summed E-state index contributed by atoms with van der Waals surface area (Å²) < 4.78 is 17.2. The molecular formula is C20H34IN3O3. The summed E-state index contributed by atoms with van der Waals surface area (Å²) in [6.07, 6.45) is 1.78. The highest BCUT2D eigenvalue weighted by atomic mass is 127. The Morgan fingerprint density at radius 3 is 2.67 bits per heavy atom. The van der Waals surface area contributed by atoms with Crippen LogP contribution in [0.4, 0.5) is 0 Å². The van der Waals surface area contributed by atoms with Crippen LogP contribution in [-0.4, -0.2) is 57.6 Å². The second-order valence-electron chi connectivity index (χ2n) is 6.82. The average molecular weight is 491 g/mol. The highest BCUT2D eigenvalue weighted by molar-refractivity contribution is 14.0. The van der Waals surface area contributed by atoms with E-state index in [0.717, 1.165) is 44.3 Å². The smallest absolute Gasteiger partial charge is 0.191 e. The van der Waals surface area contributed by atoms with Gasteiger partial charge in [0.15, 0.2) is 5.96 Å². The maximum absolute atomic E-state index is 5.97. The van der Waals surface area contributed by atoms with Crippen molar-refractivity contribution < 1.29 is 14.2 Å². The topological polar surface area (TPSA) is 64.1 Å². The van der Waals surface area contributed by atoms with Crippen molar-refractivity contribution in [3.63, 3.8) is 0 Å². The van der Waals surface area contributed by atoms with Crippen LogP contribution in [0.3, 0.4) is 0 Å². The van der Waals surface area contributed by atoms with Crippen molar-refractivity contribution in [2.45, 2.75) is 45.3 Å². The first-order valence-corrected chi connectivity index (χ1v) is 9.45. The van der Waals surface area contributed by atoms with E-state index in [1.165, 1.54) is 5.56 Å². The maximum atomic E-state index is 5.97. The van der Waals surface area contributed by atoms with Gasteiger partial charge in [-0.25, -0.2) is 0 Å². The van der Waals surface area contributed by atoms with Gasteiger partial charge in [0, 0.05) is 39.7 Å². The zero-order chi connectivity index (χ0) is 18.8. The van der Waals surface area contributed by atoms with Crippen molar-refractivity contribution >= 4 is 29.9 Å². The second-order valence-corrected chi connectivity index (χ2v) is 6.82. The molecule has 1 aromatic rings. The van der Waals surface area contributed by atoms with Crippen molar-refractivity contribution in [3.05, 3.63) is 29.8 Å². The van der Waals surface area contributed by atoms with Gasteiger partial charge in [-0.05, 0) is 38.5 Å². The summed E-state index contributed by atoms with van der Waals surface area (Å²) >= 11 is 0. The molecule has 2 N–H and O–H groups in total. The minimum atomic E-state index is -0.218. The molecule has 0 aromatic heterocycles. The molecular weight excluding hydrogens is 457 g/mol. The van der Waals surface area contributed by atoms with Crippen molar-refractivity contribution in [2.24, 2.45) is 4.99 Å². The summed E-state index contributed by atoms with van der Waals surface area (Å²) in [4.78, 5) is 4.73. The van der Waals surface area contributed by atoms with Gasteiger partial charge in [-0.3, -0.25) is 4.99 Å². The van der Waals surface area contributed by atoms with Crippen molar-refractivity contribution in [2.75, 3.05) is 40.0 Å². The Morgan fingerprint density at radius 1 is 1.30 bits per heavy atom. The molecule has 1 unspecified atom stereocenters. The minimum Gasteiger partial charge on any atom is -0.489 e. The Hall–Kier alpha value is -1.06. The van der Waals surface area contributed by atoms with Gasteiger partial charge in [-0.1, -0.05) is 12.1 Å². The predicted octanol–water partition coefficient (Wildman–Crippen LogP) is 3.13. The first-order valence-electron chi connectivity index (χ1n) is 9.45. The third kappa shape index (κ3) is 8.23. The zero-order valence-electron chi connectivity index (χ0n) is 16.9. The fourth-order valence-electron chi connectivity index (χ4n) is 2.94. The lowest BCUT2D eigenvalue weighted by Crippen LogP contribution is -2.45. The number of nitrogens with zero attached hydrogens (tertiary/aromatic N) is 1. The van der Waals surface area contributed by atoms with E-state index in [9.17, 15) is 0 Å². The van der Waals surface area contributed by atoms with E-state index in [2.05, 4.69) is 30.5 Å². The fourth-order valence-corrected chi connectivity index (χ4v) is 2.94. The third-order valence-electron chi connectivity index (χ3n) is 4.59. The van der Waals surface area contributed by atoms with Crippen LogP contribution in [0, 0.1) is 6.92 Å². The average Bonchev–Trinajstić information content (AvgIpc) is 2.65. The third-order valence-corrected chi connectivity index (χ3v) is 4.59. The number of benzene rings is 1. The summed E-state index contributed by atoms with van der Waals surface area (Å²) in [6, 6.07) is 8.10. The lowest BCUT2D eigenvalue weighted by molar-refractivity contribution is -0.0828. The Labute approximate surface area is 180 Å². The number of halogens is 1. The first-order chi connectivity index (χ1) is 12.6. The lowest BCUT2D eigenvalue weighted by atomic mass is 9.94. The van der Waals surface area contributed by atoms with Gasteiger partial charge in [-0.2, -0.15) is 0 Å². The van der Waals surface area contributed by atoms with E-state index in [-0.39, 0.29) is 35.7 Å². The summed E-state index contributed by atoms with van der Waals surface area (Å²) in [5, 5.41) is 6.65. The van der Waals surface area contributed by atoms with Crippen LogP contribution in [0.5, 0.6) is 5.75 Å². The van der Waals surface area contributed by atoms with Crippen LogP contribution in [-0.2, 0) is 9.47 Å². The molecule has 0 bridgehead atoms. The lowest BCUT2D eigenvalue weighted by Gasteiger charge is -2.34. The number of rotatable bonds is 8. The van der Waals surface area contributed by atoms with Gasteiger partial charge in [0.25, 0.3) is 0 Å². The summed E-state index contributed by atoms with van der Waals surface area (Å²) in [5.41, 5.74) is 0.975. The standard InChI is InChI=1S/C20H33N3O3.HI/c1-5-21-19(23-15-20(24-4)9-11-25-12-10-20)22-14-17(3)26-18-8-6-7-16(2)13-18;/h6-8,13,17H,5,9-12,14-15H2,1-4H3,(H2,21,22,23);1H. The van der Waals surface area contributed by atoms with Gasteiger partial charge in [0.2, 0.25) is 0 Å². The summed E-state index contributed by atoms with van der Waals surface area (Å²) in [6.45, 7) is 9.73. The first kappa shape index (κ1) is 24.0. The van der Waals surface area contributed by atoms with Crippen LogP contribution < -0.4 is 15.4 Å². The molecule has 2 rings (SSSR count). The molecule has 27 heavy (non-hydrogen) atoms. The molecule has 0 saturated carbocycles. The highest BCUT2D eigenvalue weighted by Gasteiger charge is 2.32. The normalized spacial score (nSPS) is 17.6. The van der Waals surface area contributed by atoms with Gasteiger partial charge in [0.1, 0.15) is 11.9 Å². The van der Waals surface area contributed by atoms with E-state index < -0.39 is 0 Å². The monoisotopic (exact) mass is 491 g/mol. The molecule has 1 aliphatic heterocycles. The molecule has 0 amide bonds. The number of aliphatic imine (C=N–C) groups is 1.